The lowest BCUT2D eigenvalue weighted by Crippen LogP contribution is -2.42. The van der Waals surface area contributed by atoms with Gasteiger partial charge in [0.1, 0.15) is 5.82 Å². The fourth-order valence-electron chi connectivity index (χ4n) is 1.19. The molecule has 0 bridgehead atoms. The van der Waals surface area contributed by atoms with Crippen LogP contribution < -0.4 is 10.6 Å². The smallest absolute Gasteiger partial charge is 0.224 e. The third kappa shape index (κ3) is 4.16. The van der Waals surface area contributed by atoms with Gasteiger partial charge in [0.25, 0.3) is 0 Å². The van der Waals surface area contributed by atoms with E-state index in [1.54, 1.807) is 19.2 Å². The Morgan fingerprint density at radius 3 is 2.65 bits per heavy atom. The summed E-state index contributed by atoms with van der Waals surface area (Å²) in [6.45, 7) is 4.23. The van der Waals surface area contributed by atoms with Crippen molar-refractivity contribution in [3.05, 3.63) is 12.3 Å². The molecule has 0 unspecified atom stereocenters. The summed E-state index contributed by atoms with van der Waals surface area (Å²) in [7, 11) is 0. The third-order valence-electron chi connectivity index (χ3n) is 2.32. The minimum absolute atomic E-state index is 0.175. The van der Waals surface area contributed by atoms with E-state index in [9.17, 15) is 10.2 Å². The minimum atomic E-state index is -0.781. The van der Waals surface area contributed by atoms with Gasteiger partial charge in [0.15, 0.2) is 0 Å². The molecule has 0 saturated carbocycles. The highest BCUT2D eigenvalue weighted by Gasteiger charge is 2.22. The number of nitrogens with one attached hydrogen (secondary N) is 2. The fourth-order valence-corrected chi connectivity index (χ4v) is 1.19. The van der Waals surface area contributed by atoms with Gasteiger partial charge < -0.3 is 20.8 Å². The van der Waals surface area contributed by atoms with Crippen molar-refractivity contribution < 1.29 is 10.2 Å². The Bertz CT molecular complexity index is 342. The van der Waals surface area contributed by atoms with Crippen LogP contribution in [0.25, 0.3) is 0 Å². The predicted molar refractivity (Wildman–Crippen MR) is 67.0 cm³/mol. The molecule has 1 rings (SSSR count). The first-order chi connectivity index (χ1) is 8.13. The molecular formula is C11H20N4O2. The lowest BCUT2D eigenvalue weighted by atomic mass is 10.1. The second-order valence-electron chi connectivity index (χ2n) is 4.19. The van der Waals surface area contributed by atoms with Crippen molar-refractivity contribution in [1.29, 1.82) is 0 Å². The van der Waals surface area contributed by atoms with Crippen molar-refractivity contribution in [2.75, 3.05) is 30.4 Å². The van der Waals surface area contributed by atoms with Crippen molar-refractivity contribution in [3.63, 3.8) is 0 Å². The number of rotatable bonds is 7. The molecule has 1 aromatic rings. The highest BCUT2D eigenvalue weighted by molar-refractivity contribution is 5.41. The lowest BCUT2D eigenvalue weighted by Gasteiger charge is -2.26. The van der Waals surface area contributed by atoms with Crippen LogP contribution in [0.1, 0.15) is 20.3 Å². The van der Waals surface area contributed by atoms with Gasteiger partial charge in [-0.25, -0.2) is 4.98 Å². The van der Waals surface area contributed by atoms with Crippen LogP contribution in [0.4, 0.5) is 11.8 Å². The first-order valence-electron chi connectivity index (χ1n) is 5.70. The van der Waals surface area contributed by atoms with Crippen LogP contribution >= 0.6 is 0 Å². The molecule has 0 radical (unpaired) electrons. The number of anilines is 2. The van der Waals surface area contributed by atoms with Gasteiger partial charge in [-0.3, -0.25) is 0 Å². The maximum atomic E-state index is 9.18. The van der Waals surface area contributed by atoms with Crippen LogP contribution in [0, 0.1) is 0 Å². The Hall–Kier alpha value is -1.40. The van der Waals surface area contributed by atoms with Gasteiger partial charge in [-0.1, -0.05) is 6.92 Å². The summed E-state index contributed by atoms with van der Waals surface area (Å²) < 4.78 is 0. The molecule has 0 aromatic carbocycles. The summed E-state index contributed by atoms with van der Waals surface area (Å²) in [4.78, 5) is 8.31. The topological polar surface area (TPSA) is 90.3 Å². The van der Waals surface area contributed by atoms with E-state index in [2.05, 4.69) is 27.5 Å². The Morgan fingerprint density at radius 2 is 2.06 bits per heavy atom. The fraction of sp³-hybridized carbons (Fsp3) is 0.636. The van der Waals surface area contributed by atoms with Crippen LogP contribution in [0.5, 0.6) is 0 Å². The molecule has 0 amide bonds. The molecular weight excluding hydrogens is 220 g/mol. The monoisotopic (exact) mass is 240 g/mol. The van der Waals surface area contributed by atoms with E-state index in [1.165, 1.54) is 0 Å². The molecule has 4 N–H and O–H groups in total. The highest BCUT2D eigenvalue weighted by Crippen LogP contribution is 2.13. The van der Waals surface area contributed by atoms with Gasteiger partial charge in [-0.05, 0) is 19.4 Å². The van der Waals surface area contributed by atoms with Crippen molar-refractivity contribution in [1.82, 2.24) is 9.97 Å². The van der Waals surface area contributed by atoms with E-state index in [1.807, 2.05) is 0 Å². The summed E-state index contributed by atoms with van der Waals surface area (Å²) in [5.41, 5.74) is -0.781. The number of hydrogen-bond acceptors (Lipinski definition) is 6. The standard InChI is InChI=1S/C11H20N4O2/c1-3-5-12-10-13-6-4-9(14-10)15-11(2,7-16)8-17/h4,6,16-17H,3,5,7-8H2,1-2H3,(H2,12,13,14,15). The van der Waals surface area contributed by atoms with Gasteiger partial charge in [0.2, 0.25) is 5.95 Å². The van der Waals surface area contributed by atoms with Crippen LogP contribution in [0.3, 0.4) is 0 Å². The molecule has 0 spiro atoms. The van der Waals surface area contributed by atoms with Crippen molar-refractivity contribution in [3.8, 4) is 0 Å². The molecule has 0 aliphatic heterocycles. The average molecular weight is 240 g/mol. The van der Waals surface area contributed by atoms with Crippen molar-refractivity contribution in [2.24, 2.45) is 0 Å². The number of hydrogen-bond donors (Lipinski definition) is 4. The van der Waals surface area contributed by atoms with E-state index >= 15 is 0 Å². The Kier molecular flexibility index (Phi) is 5.11. The molecule has 17 heavy (non-hydrogen) atoms. The normalized spacial score (nSPS) is 11.3. The first kappa shape index (κ1) is 13.7. The largest absolute Gasteiger partial charge is 0.394 e. The molecule has 6 nitrogen and oxygen atoms in total. The van der Waals surface area contributed by atoms with E-state index < -0.39 is 5.54 Å². The Balaban J connectivity index is 2.71. The second kappa shape index (κ2) is 6.36. The van der Waals surface area contributed by atoms with E-state index in [4.69, 9.17) is 0 Å². The van der Waals surface area contributed by atoms with Crippen LogP contribution in [-0.4, -0.2) is 45.5 Å². The summed E-state index contributed by atoms with van der Waals surface area (Å²) in [5, 5.41) is 24.4. The van der Waals surface area contributed by atoms with Gasteiger partial charge >= 0.3 is 0 Å². The zero-order valence-electron chi connectivity index (χ0n) is 10.3. The minimum Gasteiger partial charge on any atom is -0.394 e. The third-order valence-corrected chi connectivity index (χ3v) is 2.32. The number of aromatic nitrogens is 2. The molecule has 0 fully saturated rings. The summed E-state index contributed by atoms with van der Waals surface area (Å²) in [6, 6.07) is 1.70. The summed E-state index contributed by atoms with van der Waals surface area (Å²) >= 11 is 0. The Morgan fingerprint density at radius 1 is 1.35 bits per heavy atom. The maximum Gasteiger partial charge on any atom is 0.224 e. The lowest BCUT2D eigenvalue weighted by molar-refractivity contribution is 0.147. The van der Waals surface area contributed by atoms with Crippen molar-refractivity contribution in [2.45, 2.75) is 25.8 Å². The van der Waals surface area contributed by atoms with E-state index in [0.29, 0.717) is 11.8 Å². The molecule has 0 saturated heterocycles. The van der Waals surface area contributed by atoms with Gasteiger partial charge in [0, 0.05) is 12.7 Å². The zero-order chi connectivity index (χ0) is 12.7. The number of aliphatic hydroxyl groups excluding tert-OH is 2. The van der Waals surface area contributed by atoms with Gasteiger partial charge in [-0.2, -0.15) is 4.98 Å². The summed E-state index contributed by atoms with van der Waals surface area (Å²) in [5.74, 6) is 1.11. The SMILES string of the molecule is CCCNc1nccc(NC(C)(CO)CO)n1. The quantitative estimate of drug-likeness (QED) is 0.553. The molecule has 1 heterocycles. The second-order valence-corrected chi connectivity index (χ2v) is 4.19. The van der Waals surface area contributed by atoms with E-state index in [0.717, 1.165) is 13.0 Å². The predicted octanol–water partition coefficient (Wildman–Crippen LogP) is 0.454. The van der Waals surface area contributed by atoms with Gasteiger partial charge in [-0.15, -0.1) is 0 Å². The molecule has 0 atom stereocenters. The number of aliphatic hydroxyl groups is 2. The first-order valence-corrected chi connectivity index (χ1v) is 5.70. The maximum absolute atomic E-state index is 9.18. The van der Waals surface area contributed by atoms with Crippen LogP contribution in [0.15, 0.2) is 12.3 Å². The highest BCUT2D eigenvalue weighted by atomic mass is 16.3. The Labute approximate surface area is 101 Å². The molecule has 0 aliphatic rings. The number of nitrogens with zero attached hydrogens (tertiary/aromatic N) is 2. The summed E-state index contributed by atoms with van der Waals surface area (Å²) in [6.07, 6.45) is 2.62. The van der Waals surface area contributed by atoms with Crippen molar-refractivity contribution >= 4 is 11.8 Å². The molecule has 96 valence electrons. The van der Waals surface area contributed by atoms with Gasteiger partial charge in [0.05, 0.1) is 18.8 Å². The molecule has 0 aliphatic carbocycles. The molecule has 6 heteroatoms. The van der Waals surface area contributed by atoms with Crippen LogP contribution in [-0.2, 0) is 0 Å². The van der Waals surface area contributed by atoms with E-state index in [-0.39, 0.29) is 13.2 Å². The molecule has 1 aromatic heterocycles. The average Bonchev–Trinajstić information content (AvgIpc) is 2.36. The van der Waals surface area contributed by atoms with Crippen LogP contribution in [0.2, 0.25) is 0 Å². The zero-order valence-corrected chi connectivity index (χ0v) is 10.3.